The van der Waals surface area contributed by atoms with Crippen LogP contribution in [-0.2, 0) is 11.3 Å². The Morgan fingerprint density at radius 1 is 1.71 bits per heavy atom. The van der Waals surface area contributed by atoms with Crippen molar-refractivity contribution in [3.63, 3.8) is 0 Å². The van der Waals surface area contributed by atoms with Crippen molar-refractivity contribution < 1.29 is 4.79 Å². The van der Waals surface area contributed by atoms with E-state index in [0.29, 0.717) is 12.6 Å². The second-order valence-corrected chi connectivity index (χ2v) is 5.42. The van der Waals surface area contributed by atoms with Crippen LogP contribution in [0, 0.1) is 5.92 Å². The van der Waals surface area contributed by atoms with Gasteiger partial charge in [0.1, 0.15) is 0 Å². The van der Waals surface area contributed by atoms with Crippen LogP contribution < -0.4 is 10.2 Å². The fourth-order valence-corrected chi connectivity index (χ4v) is 2.77. The third-order valence-electron chi connectivity index (χ3n) is 3.12. The molecule has 1 aromatic heterocycles. The number of amides is 1. The van der Waals surface area contributed by atoms with Crippen molar-refractivity contribution >= 4 is 22.4 Å². The van der Waals surface area contributed by atoms with Gasteiger partial charge in [0.25, 0.3) is 0 Å². The summed E-state index contributed by atoms with van der Waals surface area (Å²) < 4.78 is 0. The van der Waals surface area contributed by atoms with E-state index in [1.165, 1.54) is 17.8 Å². The van der Waals surface area contributed by atoms with E-state index in [0.717, 1.165) is 23.3 Å². The quantitative estimate of drug-likeness (QED) is 0.873. The van der Waals surface area contributed by atoms with Gasteiger partial charge in [-0.25, -0.2) is 4.98 Å². The van der Waals surface area contributed by atoms with Crippen molar-refractivity contribution in [1.82, 2.24) is 10.3 Å². The molecule has 0 radical (unpaired) electrons. The lowest BCUT2D eigenvalue weighted by molar-refractivity contribution is -0.116. The average Bonchev–Trinajstić information content (AvgIpc) is 2.79. The summed E-state index contributed by atoms with van der Waals surface area (Å²) in [4.78, 5) is 17.6. The van der Waals surface area contributed by atoms with Crippen LogP contribution >= 0.6 is 11.3 Å². The highest BCUT2D eigenvalue weighted by Crippen LogP contribution is 2.29. The monoisotopic (exact) mass is 253 g/mol. The van der Waals surface area contributed by atoms with Crippen molar-refractivity contribution in [3.8, 4) is 0 Å². The zero-order valence-corrected chi connectivity index (χ0v) is 11.4. The summed E-state index contributed by atoms with van der Waals surface area (Å²) in [6, 6.07) is 0.662. The van der Waals surface area contributed by atoms with Gasteiger partial charge in [-0.1, -0.05) is 6.92 Å². The number of thiazole rings is 1. The summed E-state index contributed by atoms with van der Waals surface area (Å²) in [5.41, 5.74) is 1.03. The third kappa shape index (κ3) is 3.04. The predicted octanol–water partition coefficient (Wildman–Crippen LogP) is 2.01. The largest absolute Gasteiger partial charge is 0.308 e. The predicted molar refractivity (Wildman–Crippen MR) is 70.2 cm³/mol. The molecule has 0 bridgehead atoms. The first-order valence-corrected chi connectivity index (χ1v) is 6.95. The van der Waals surface area contributed by atoms with Gasteiger partial charge in [-0.3, -0.25) is 9.69 Å². The maximum Gasteiger partial charge on any atom is 0.225 e. The van der Waals surface area contributed by atoms with Crippen molar-refractivity contribution in [2.24, 2.45) is 5.92 Å². The van der Waals surface area contributed by atoms with E-state index < -0.39 is 0 Å². The van der Waals surface area contributed by atoms with Crippen LogP contribution in [-0.4, -0.2) is 23.5 Å². The first-order chi connectivity index (χ1) is 8.11. The van der Waals surface area contributed by atoms with Crippen LogP contribution in [0.4, 0.5) is 5.13 Å². The maximum absolute atomic E-state index is 11.4. The lowest BCUT2D eigenvalue weighted by atomic mass is 10.4. The molecule has 0 aliphatic heterocycles. The third-order valence-corrected chi connectivity index (χ3v) is 4.03. The molecule has 1 N–H and O–H groups in total. The van der Waals surface area contributed by atoms with E-state index in [4.69, 9.17) is 0 Å². The number of hydrogen-bond donors (Lipinski definition) is 1. The van der Waals surface area contributed by atoms with Gasteiger partial charge in [0.2, 0.25) is 5.91 Å². The highest BCUT2D eigenvalue weighted by Gasteiger charge is 2.31. The molecule has 1 aliphatic carbocycles. The Morgan fingerprint density at radius 3 is 2.94 bits per heavy atom. The normalized spacial score (nSPS) is 22.5. The van der Waals surface area contributed by atoms with Gasteiger partial charge >= 0.3 is 0 Å². The van der Waals surface area contributed by atoms with Crippen LogP contribution in [0.3, 0.4) is 0 Å². The SMILES string of the molecule is CCN(C(C)=O)c1nc(CNC2CC2C)cs1. The van der Waals surface area contributed by atoms with Gasteiger partial charge in [0, 0.05) is 31.4 Å². The summed E-state index contributed by atoms with van der Waals surface area (Å²) >= 11 is 1.54. The molecular formula is C12H19N3OS. The molecule has 1 fully saturated rings. The lowest BCUT2D eigenvalue weighted by Gasteiger charge is -2.14. The number of nitrogens with zero attached hydrogens (tertiary/aromatic N) is 2. The van der Waals surface area contributed by atoms with Crippen LogP contribution in [0.1, 0.15) is 32.9 Å². The Bertz CT molecular complexity index is 404. The topological polar surface area (TPSA) is 45.2 Å². The molecule has 0 saturated heterocycles. The van der Waals surface area contributed by atoms with Gasteiger partial charge in [-0.15, -0.1) is 11.3 Å². The van der Waals surface area contributed by atoms with Gasteiger partial charge in [0.05, 0.1) is 5.69 Å². The molecule has 0 spiro atoms. The Balaban J connectivity index is 1.92. The Kier molecular flexibility index (Phi) is 3.79. The minimum absolute atomic E-state index is 0.0529. The number of carbonyl (C=O) groups excluding carboxylic acids is 1. The highest BCUT2D eigenvalue weighted by molar-refractivity contribution is 7.14. The van der Waals surface area contributed by atoms with Gasteiger partial charge in [-0.2, -0.15) is 0 Å². The molecule has 17 heavy (non-hydrogen) atoms. The standard InChI is InChI=1S/C12H19N3OS/c1-4-15(9(3)16)12-14-10(7-17-12)6-13-11-5-8(11)2/h7-8,11,13H,4-6H2,1-3H3. The molecule has 2 unspecified atom stereocenters. The summed E-state index contributed by atoms with van der Waals surface area (Å²) in [5.74, 6) is 0.856. The van der Waals surface area contributed by atoms with E-state index >= 15 is 0 Å². The fraction of sp³-hybridized carbons (Fsp3) is 0.667. The molecule has 1 aliphatic rings. The Labute approximate surface area is 106 Å². The molecular weight excluding hydrogens is 234 g/mol. The number of carbonyl (C=O) groups is 1. The second-order valence-electron chi connectivity index (χ2n) is 4.59. The number of rotatable bonds is 5. The molecule has 2 atom stereocenters. The molecule has 4 nitrogen and oxygen atoms in total. The van der Waals surface area contributed by atoms with Crippen LogP contribution in [0.2, 0.25) is 0 Å². The van der Waals surface area contributed by atoms with Crippen molar-refractivity contribution in [2.45, 2.75) is 39.8 Å². The van der Waals surface area contributed by atoms with Crippen LogP contribution in [0.5, 0.6) is 0 Å². The maximum atomic E-state index is 11.4. The summed E-state index contributed by atoms with van der Waals surface area (Å²) in [6.07, 6.45) is 1.27. The number of hydrogen-bond acceptors (Lipinski definition) is 4. The number of nitrogens with one attached hydrogen (secondary N) is 1. The molecule has 2 rings (SSSR count). The minimum Gasteiger partial charge on any atom is -0.308 e. The molecule has 94 valence electrons. The first-order valence-electron chi connectivity index (χ1n) is 6.07. The van der Waals surface area contributed by atoms with Gasteiger partial charge in [0.15, 0.2) is 5.13 Å². The molecule has 1 heterocycles. The van der Waals surface area contributed by atoms with E-state index in [1.807, 2.05) is 12.3 Å². The average molecular weight is 253 g/mol. The van der Waals surface area contributed by atoms with Gasteiger partial charge < -0.3 is 5.32 Å². The molecule has 1 aromatic rings. The number of anilines is 1. The Hall–Kier alpha value is -0.940. The summed E-state index contributed by atoms with van der Waals surface area (Å²) in [6.45, 7) is 7.27. The molecule has 1 saturated carbocycles. The highest BCUT2D eigenvalue weighted by atomic mass is 32.1. The Morgan fingerprint density at radius 2 is 2.41 bits per heavy atom. The summed E-state index contributed by atoms with van der Waals surface area (Å²) in [7, 11) is 0. The second kappa shape index (κ2) is 5.14. The van der Waals surface area contributed by atoms with E-state index in [1.54, 1.807) is 11.8 Å². The zero-order valence-electron chi connectivity index (χ0n) is 10.6. The van der Waals surface area contributed by atoms with E-state index in [2.05, 4.69) is 17.2 Å². The zero-order chi connectivity index (χ0) is 12.4. The van der Waals surface area contributed by atoms with E-state index in [9.17, 15) is 4.79 Å². The van der Waals surface area contributed by atoms with Crippen LogP contribution in [0.15, 0.2) is 5.38 Å². The van der Waals surface area contributed by atoms with E-state index in [-0.39, 0.29) is 5.91 Å². The fourth-order valence-electron chi connectivity index (χ4n) is 1.84. The molecule has 5 heteroatoms. The smallest absolute Gasteiger partial charge is 0.225 e. The number of aromatic nitrogens is 1. The molecule has 1 amide bonds. The van der Waals surface area contributed by atoms with Gasteiger partial charge in [-0.05, 0) is 19.3 Å². The first kappa shape index (κ1) is 12.5. The van der Waals surface area contributed by atoms with Crippen LogP contribution in [0.25, 0.3) is 0 Å². The van der Waals surface area contributed by atoms with Crippen molar-refractivity contribution in [2.75, 3.05) is 11.4 Å². The minimum atomic E-state index is 0.0529. The molecule has 0 aromatic carbocycles. The lowest BCUT2D eigenvalue weighted by Crippen LogP contribution is -2.27. The van der Waals surface area contributed by atoms with Crippen molar-refractivity contribution in [1.29, 1.82) is 0 Å². The summed E-state index contributed by atoms with van der Waals surface area (Å²) in [5, 5.41) is 6.30. The van der Waals surface area contributed by atoms with Crippen molar-refractivity contribution in [3.05, 3.63) is 11.1 Å².